The highest BCUT2D eigenvalue weighted by atomic mass is 16.7. The molecule has 0 amide bonds. The summed E-state index contributed by atoms with van der Waals surface area (Å²) in [5.74, 6) is 0.342. The van der Waals surface area contributed by atoms with Crippen LogP contribution >= 0.6 is 0 Å². The Labute approximate surface area is 148 Å². The van der Waals surface area contributed by atoms with E-state index < -0.39 is 5.97 Å². The summed E-state index contributed by atoms with van der Waals surface area (Å²) in [5, 5.41) is 12.3. The Bertz CT molecular complexity index is 1200. The van der Waals surface area contributed by atoms with E-state index in [0.717, 1.165) is 16.3 Å². The number of hydrogen-bond acceptors (Lipinski definition) is 4. The maximum Gasteiger partial charge on any atom is 0.336 e. The van der Waals surface area contributed by atoms with Crippen LogP contribution < -0.4 is 9.47 Å². The summed E-state index contributed by atoms with van der Waals surface area (Å²) in [4.78, 5) is 16.7. The van der Waals surface area contributed by atoms with Gasteiger partial charge in [0.2, 0.25) is 6.79 Å². The monoisotopic (exact) mass is 343 g/mol. The summed E-state index contributed by atoms with van der Waals surface area (Å²) in [7, 11) is 0. The van der Waals surface area contributed by atoms with Gasteiger partial charge in [-0.15, -0.1) is 0 Å². The number of fused-ring (bicyclic) bond motifs is 4. The van der Waals surface area contributed by atoms with Crippen molar-refractivity contribution in [3.63, 3.8) is 0 Å². The Hall–Kier alpha value is -3.60. The molecule has 1 aliphatic heterocycles. The lowest BCUT2D eigenvalue weighted by Crippen LogP contribution is -2.01. The highest BCUT2D eigenvalue weighted by Crippen LogP contribution is 2.37. The van der Waals surface area contributed by atoms with Crippen molar-refractivity contribution < 1.29 is 19.4 Å². The Morgan fingerprint density at radius 3 is 2.69 bits per heavy atom. The Balaban J connectivity index is 1.80. The van der Waals surface area contributed by atoms with Gasteiger partial charge in [-0.05, 0) is 41.1 Å². The zero-order valence-electron chi connectivity index (χ0n) is 13.6. The lowest BCUT2D eigenvalue weighted by atomic mass is 9.98. The van der Waals surface area contributed by atoms with Gasteiger partial charge in [-0.2, -0.15) is 0 Å². The molecule has 0 unspecified atom stereocenters. The van der Waals surface area contributed by atoms with E-state index in [1.165, 1.54) is 0 Å². The topological polar surface area (TPSA) is 68.7 Å². The first-order valence-electron chi connectivity index (χ1n) is 8.16. The van der Waals surface area contributed by atoms with E-state index in [2.05, 4.69) is 0 Å². The number of benzene rings is 3. The van der Waals surface area contributed by atoms with Gasteiger partial charge in [-0.3, -0.25) is 0 Å². The van der Waals surface area contributed by atoms with Crippen molar-refractivity contribution in [2.45, 2.75) is 0 Å². The maximum absolute atomic E-state index is 12.0. The van der Waals surface area contributed by atoms with E-state index in [9.17, 15) is 9.90 Å². The van der Waals surface area contributed by atoms with Crippen LogP contribution in [0.2, 0.25) is 0 Å². The highest BCUT2D eigenvalue weighted by molar-refractivity contribution is 6.15. The van der Waals surface area contributed by atoms with Gasteiger partial charge in [0.25, 0.3) is 0 Å². The van der Waals surface area contributed by atoms with Gasteiger partial charge in [0, 0.05) is 10.9 Å². The third kappa shape index (κ3) is 2.18. The van der Waals surface area contributed by atoms with E-state index in [1.807, 2.05) is 54.6 Å². The molecule has 1 aliphatic rings. The molecule has 126 valence electrons. The Morgan fingerprint density at radius 1 is 0.962 bits per heavy atom. The number of carbonyl (C=O) groups is 1. The van der Waals surface area contributed by atoms with E-state index in [1.54, 1.807) is 6.07 Å². The van der Waals surface area contributed by atoms with Crippen molar-refractivity contribution in [2.75, 3.05) is 6.79 Å². The second kappa shape index (κ2) is 5.46. The molecule has 4 aromatic rings. The van der Waals surface area contributed by atoms with E-state index in [0.29, 0.717) is 28.1 Å². The zero-order valence-corrected chi connectivity index (χ0v) is 13.6. The number of aromatic carboxylic acids is 1. The van der Waals surface area contributed by atoms with Gasteiger partial charge in [-0.1, -0.05) is 30.3 Å². The predicted molar refractivity (Wildman–Crippen MR) is 97.8 cm³/mol. The molecule has 5 nitrogen and oxygen atoms in total. The van der Waals surface area contributed by atoms with Crippen LogP contribution in [0.25, 0.3) is 32.9 Å². The summed E-state index contributed by atoms with van der Waals surface area (Å²) in [6.07, 6.45) is 0. The Morgan fingerprint density at radius 2 is 1.81 bits per heavy atom. The second-order valence-corrected chi connectivity index (χ2v) is 6.11. The Kier molecular flexibility index (Phi) is 3.09. The van der Waals surface area contributed by atoms with Crippen molar-refractivity contribution in [1.29, 1.82) is 0 Å². The smallest absolute Gasteiger partial charge is 0.336 e. The molecule has 1 N–H and O–H groups in total. The number of nitrogens with zero attached hydrogens (tertiary/aromatic N) is 1. The first-order chi connectivity index (χ1) is 12.7. The second-order valence-electron chi connectivity index (χ2n) is 6.11. The number of hydrogen-bond donors (Lipinski definition) is 1. The molecule has 0 saturated carbocycles. The minimum absolute atomic E-state index is 0.191. The quantitative estimate of drug-likeness (QED) is 0.543. The van der Waals surface area contributed by atoms with Gasteiger partial charge in [0.15, 0.2) is 11.5 Å². The number of ether oxygens (including phenoxy) is 2. The predicted octanol–water partition coefficient (Wildman–Crippen LogP) is 4.48. The number of carboxylic acid groups (broad SMARTS) is 1. The van der Waals surface area contributed by atoms with Crippen LogP contribution in [0.1, 0.15) is 10.4 Å². The first-order valence-corrected chi connectivity index (χ1v) is 8.16. The van der Waals surface area contributed by atoms with Gasteiger partial charge < -0.3 is 14.6 Å². The largest absolute Gasteiger partial charge is 0.478 e. The third-order valence-electron chi connectivity index (χ3n) is 4.60. The first kappa shape index (κ1) is 14.7. The lowest BCUT2D eigenvalue weighted by Gasteiger charge is -2.10. The maximum atomic E-state index is 12.0. The normalized spacial score (nSPS) is 12.6. The standard InChI is InChI=1S/C21H13NO4/c23-21(24)15-10-17(13-6-8-18-19(9-13)26-11-25-18)22-16-7-5-12-3-1-2-4-14(12)20(15)16/h1-10H,11H2,(H,23,24). The number of pyridine rings is 1. The number of rotatable bonds is 2. The van der Waals surface area contributed by atoms with Gasteiger partial charge in [0.1, 0.15) is 0 Å². The SMILES string of the molecule is O=C(O)c1cc(-c2ccc3c(c2)OCO3)nc2ccc3ccccc3c12. The third-order valence-corrected chi connectivity index (χ3v) is 4.60. The molecule has 5 heteroatoms. The summed E-state index contributed by atoms with van der Waals surface area (Å²) in [6, 6.07) is 18.7. The van der Waals surface area contributed by atoms with Crippen LogP contribution in [-0.2, 0) is 0 Å². The van der Waals surface area contributed by atoms with Crippen LogP contribution in [0.15, 0.2) is 60.7 Å². The minimum atomic E-state index is -0.976. The van der Waals surface area contributed by atoms with Crippen LogP contribution in [-0.4, -0.2) is 22.9 Å². The van der Waals surface area contributed by atoms with E-state index in [-0.39, 0.29) is 12.4 Å². The zero-order chi connectivity index (χ0) is 17.7. The van der Waals surface area contributed by atoms with Crippen molar-refractivity contribution >= 4 is 27.6 Å². The highest BCUT2D eigenvalue weighted by Gasteiger charge is 2.18. The number of aromatic nitrogens is 1. The van der Waals surface area contributed by atoms with E-state index in [4.69, 9.17) is 14.5 Å². The van der Waals surface area contributed by atoms with Crippen molar-refractivity contribution in [3.05, 3.63) is 66.2 Å². The molecule has 3 aromatic carbocycles. The summed E-state index contributed by atoms with van der Waals surface area (Å²) < 4.78 is 10.8. The summed E-state index contributed by atoms with van der Waals surface area (Å²) in [6.45, 7) is 0.191. The average Bonchev–Trinajstić information content (AvgIpc) is 3.14. The molecule has 0 bridgehead atoms. The van der Waals surface area contributed by atoms with Gasteiger partial charge in [-0.25, -0.2) is 9.78 Å². The molecule has 0 spiro atoms. The van der Waals surface area contributed by atoms with Gasteiger partial charge >= 0.3 is 5.97 Å². The molecule has 0 saturated heterocycles. The molecule has 2 heterocycles. The van der Waals surface area contributed by atoms with Crippen molar-refractivity contribution in [2.24, 2.45) is 0 Å². The fourth-order valence-corrected chi connectivity index (χ4v) is 3.38. The molecular weight excluding hydrogens is 330 g/mol. The minimum Gasteiger partial charge on any atom is -0.478 e. The molecule has 1 aromatic heterocycles. The van der Waals surface area contributed by atoms with Gasteiger partial charge in [0.05, 0.1) is 16.8 Å². The fraction of sp³-hybridized carbons (Fsp3) is 0.0476. The summed E-state index contributed by atoms with van der Waals surface area (Å²) in [5.41, 5.74) is 2.26. The summed E-state index contributed by atoms with van der Waals surface area (Å²) >= 11 is 0. The molecule has 26 heavy (non-hydrogen) atoms. The van der Waals surface area contributed by atoms with E-state index >= 15 is 0 Å². The number of carboxylic acids is 1. The van der Waals surface area contributed by atoms with Crippen molar-refractivity contribution in [1.82, 2.24) is 4.98 Å². The fourth-order valence-electron chi connectivity index (χ4n) is 3.38. The molecule has 0 radical (unpaired) electrons. The van der Waals surface area contributed by atoms with Crippen molar-refractivity contribution in [3.8, 4) is 22.8 Å². The van der Waals surface area contributed by atoms with Crippen LogP contribution in [0, 0.1) is 0 Å². The van der Waals surface area contributed by atoms with Crippen LogP contribution in [0.4, 0.5) is 0 Å². The molecule has 5 rings (SSSR count). The molecule has 0 fully saturated rings. The van der Waals surface area contributed by atoms with Crippen LogP contribution in [0.3, 0.4) is 0 Å². The van der Waals surface area contributed by atoms with Crippen LogP contribution in [0.5, 0.6) is 11.5 Å². The molecule has 0 aliphatic carbocycles. The molecule has 0 atom stereocenters. The average molecular weight is 343 g/mol. The molecular formula is C21H13NO4. The lowest BCUT2D eigenvalue weighted by molar-refractivity contribution is 0.0699.